The number of benzene rings is 2. The van der Waals surface area contributed by atoms with E-state index in [1.54, 1.807) is 77.3 Å². The Balaban J connectivity index is 0.000000184. The number of hydrogen-bond donors (Lipinski definition) is 3. The maximum Gasteiger partial charge on any atom is 0.410 e. The largest absolute Gasteiger partial charge is 0.444 e. The van der Waals surface area contributed by atoms with Crippen molar-refractivity contribution in [2.75, 3.05) is 51.7 Å². The number of nitrogen functional groups attached to an aromatic ring is 2. The fourth-order valence-corrected chi connectivity index (χ4v) is 6.67. The smallest absolute Gasteiger partial charge is 0.410 e. The monoisotopic (exact) mass is 802 g/mol. The summed E-state index contributed by atoms with van der Waals surface area (Å²) in [6, 6.07) is 19.3. The average molecular weight is 803 g/mol. The van der Waals surface area contributed by atoms with Crippen LogP contribution in [0.4, 0.5) is 25.2 Å². The van der Waals surface area contributed by atoms with Crippen LogP contribution in [-0.4, -0.2) is 111 Å². The van der Waals surface area contributed by atoms with Crippen LogP contribution in [-0.2, 0) is 4.74 Å². The number of amides is 3. The van der Waals surface area contributed by atoms with Gasteiger partial charge in [-0.05, 0) is 69.3 Å². The molecule has 3 amide bonds. The molecule has 2 aliphatic rings. The van der Waals surface area contributed by atoms with E-state index in [0.717, 1.165) is 13.1 Å². The zero-order valence-electron chi connectivity index (χ0n) is 33.2. The molecule has 6 heterocycles. The van der Waals surface area contributed by atoms with Gasteiger partial charge in [0.15, 0.2) is 0 Å². The summed E-state index contributed by atoms with van der Waals surface area (Å²) in [5.74, 6) is -0.650. The fraction of sp³-hybridized carbons (Fsp3) is 0.279. The van der Waals surface area contributed by atoms with Gasteiger partial charge in [-0.25, -0.2) is 33.5 Å². The first-order valence-corrected chi connectivity index (χ1v) is 18.9. The van der Waals surface area contributed by atoms with Gasteiger partial charge in [0, 0.05) is 74.6 Å². The normalized spacial score (nSPS) is 14.2. The van der Waals surface area contributed by atoms with Gasteiger partial charge in [0.25, 0.3) is 11.8 Å². The number of likely N-dealkylation sites (tertiary alicyclic amines) is 1. The van der Waals surface area contributed by atoms with E-state index in [-0.39, 0.29) is 47.2 Å². The minimum atomic E-state index is -0.574. The maximum absolute atomic E-state index is 13.6. The van der Waals surface area contributed by atoms with Crippen LogP contribution >= 0.6 is 0 Å². The SMILES string of the molecule is CN(C(=O)c1cnc(N)c2nc(-c3cccc(F)c3)ccc12)C1CN(C(=O)OC(C)(C)C)C1.CN(C(=O)c1cnc(N)c2nc(-c3cccc(F)c3)ccc12)C1CNC1. The van der Waals surface area contributed by atoms with Crippen molar-refractivity contribution in [3.63, 3.8) is 0 Å². The molecule has 0 atom stereocenters. The minimum Gasteiger partial charge on any atom is -0.444 e. The van der Waals surface area contributed by atoms with Gasteiger partial charge >= 0.3 is 6.09 Å². The topological polar surface area (TPSA) is 186 Å². The Kier molecular flexibility index (Phi) is 11.1. The van der Waals surface area contributed by atoms with Crippen molar-refractivity contribution < 1.29 is 27.9 Å². The Hall–Kier alpha value is -6.81. The number of nitrogens with one attached hydrogen (secondary N) is 1. The summed E-state index contributed by atoms with van der Waals surface area (Å²) in [6.07, 6.45) is 2.53. The lowest BCUT2D eigenvalue weighted by molar-refractivity contribution is -0.00905. The number of pyridine rings is 4. The van der Waals surface area contributed by atoms with Crippen LogP contribution in [0.3, 0.4) is 0 Å². The average Bonchev–Trinajstić information content (AvgIpc) is 3.16. The van der Waals surface area contributed by atoms with Crippen molar-refractivity contribution in [1.29, 1.82) is 0 Å². The second-order valence-corrected chi connectivity index (χ2v) is 15.5. The van der Waals surface area contributed by atoms with Crippen molar-refractivity contribution in [3.8, 4) is 22.5 Å². The minimum absolute atomic E-state index is 0.116. The van der Waals surface area contributed by atoms with E-state index in [0.29, 0.717) is 68.5 Å². The Labute approximate surface area is 339 Å². The summed E-state index contributed by atoms with van der Waals surface area (Å²) in [6.45, 7) is 7.77. The lowest BCUT2D eigenvalue weighted by atomic mass is 10.0. The molecule has 0 bridgehead atoms. The molecule has 0 saturated carbocycles. The standard InChI is InChI=1S/C24H26FN5O3.C19H18FN5O/c1-24(2,3)33-23(32)30-12-16(13-30)29(4)22(31)18-11-27-21(26)20-17(18)8-9-19(28-20)14-6-5-7-15(25)10-14;1-25(13-8-22-9-13)19(26)15-10-23-18(21)17-14(15)5-6-16(24-17)11-3-2-4-12(20)7-11/h5-11,16H,12-13H2,1-4H3,(H2,26,27);2-7,10,13,22H,8-9H2,1H3,(H2,21,23). The molecule has 2 saturated heterocycles. The predicted molar refractivity (Wildman–Crippen MR) is 221 cm³/mol. The molecule has 0 radical (unpaired) electrons. The second-order valence-electron chi connectivity index (χ2n) is 15.5. The highest BCUT2D eigenvalue weighted by Crippen LogP contribution is 2.29. The number of carbonyl (C=O) groups is 3. The first-order valence-electron chi connectivity index (χ1n) is 18.9. The zero-order chi connectivity index (χ0) is 42.2. The van der Waals surface area contributed by atoms with Gasteiger partial charge in [-0.1, -0.05) is 24.3 Å². The number of halogens is 2. The maximum atomic E-state index is 13.6. The summed E-state index contributed by atoms with van der Waals surface area (Å²) in [7, 11) is 3.47. The van der Waals surface area contributed by atoms with Crippen LogP contribution < -0.4 is 16.8 Å². The number of hydrogen-bond acceptors (Lipinski definition) is 11. The van der Waals surface area contributed by atoms with Gasteiger partial charge in [0.2, 0.25) is 0 Å². The number of nitrogens with zero attached hydrogens (tertiary/aromatic N) is 7. The molecule has 2 fully saturated rings. The van der Waals surface area contributed by atoms with Gasteiger partial charge < -0.3 is 36.2 Å². The molecule has 0 aliphatic carbocycles. The molecule has 304 valence electrons. The summed E-state index contributed by atoms with van der Waals surface area (Å²) in [5.41, 5.74) is 15.4. The first kappa shape index (κ1) is 40.4. The van der Waals surface area contributed by atoms with E-state index in [4.69, 9.17) is 16.2 Å². The van der Waals surface area contributed by atoms with Gasteiger partial charge in [-0.15, -0.1) is 0 Å². The molecule has 2 aliphatic heterocycles. The van der Waals surface area contributed by atoms with Crippen molar-refractivity contribution >= 4 is 51.3 Å². The van der Waals surface area contributed by atoms with Crippen LogP contribution in [0, 0.1) is 11.6 Å². The van der Waals surface area contributed by atoms with Gasteiger partial charge in [-0.2, -0.15) is 0 Å². The third-order valence-electron chi connectivity index (χ3n) is 10.2. The predicted octanol–water partition coefficient (Wildman–Crippen LogP) is 5.77. The van der Waals surface area contributed by atoms with Crippen molar-refractivity contribution in [2.45, 2.75) is 38.5 Å². The van der Waals surface area contributed by atoms with Gasteiger partial charge in [0.1, 0.15) is 39.9 Å². The highest BCUT2D eigenvalue weighted by atomic mass is 19.1. The van der Waals surface area contributed by atoms with Crippen molar-refractivity contribution in [3.05, 3.63) is 108 Å². The van der Waals surface area contributed by atoms with Crippen LogP contribution in [0.2, 0.25) is 0 Å². The third kappa shape index (κ3) is 8.57. The zero-order valence-corrected chi connectivity index (χ0v) is 33.2. The number of ether oxygens (including phenoxy) is 1. The molecule has 6 aromatic rings. The fourth-order valence-electron chi connectivity index (χ4n) is 6.67. The van der Waals surface area contributed by atoms with E-state index in [9.17, 15) is 23.2 Å². The van der Waals surface area contributed by atoms with Crippen molar-refractivity contribution in [1.82, 2.24) is 40.0 Å². The molecule has 2 aromatic carbocycles. The lowest BCUT2D eigenvalue weighted by Gasteiger charge is -2.44. The Morgan fingerprint density at radius 1 is 0.729 bits per heavy atom. The Bertz CT molecular complexity index is 2590. The van der Waals surface area contributed by atoms with E-state index in [2.05, 4.69) is 25.3 Å². The van der Waals surface area contributed by atoms with Gasteiger partial charge in [-0.3, -0.25) is 9.59 Å². The number of nitrogens with two attached hydrogens (primary N) is 2. The second kappa shape index (κ2) is 16.2. The summed E-state index contributed by atoms with van der Waals surface area (Å²) in [5, 5.41) is 4.35. The molecule has 16 heteroatoms. The number of fused-ring (bicyclic) bond motifs is 2. The molecule has 8 rings (SSSR count). The Morgan fingerprint density at radius 2 is 1.19 bits per heavy atom. The highest BCUT2D eigenvalue weighted by molar-refractivity contribution is 6.09. The van der Waals surface area contributed by atoms with E-state index in [1.807, 2.05) is 20.8 Å². The first-order chi connectivity index (χ1) is 28.1. The number of likely N-dealkylation sites (N-methyl/N-ethyl adjacent to an activating group) is 2. The van der Waals surface area contributed by atoms with Crippen LogP contribution in [0.5, 0.6) is 0 Å². The van der Waals surface area contributed by atoms with E-state index in [1.165, 1.54) is 36.7 Å². The number of aromatic nitrogens is 4. The Morgan fingerprint density at radius 3 is 1.59 bits per heavy atom. The number of anilines is 2. The molecule has 5 N–H and O–H groups in total. The third-order valence-corrected chi connectivity index (χ3v) is 10.2. The molecule has 4 aromatic heterocycles. The van der Waals surface area contributed by atoms with Crippen LogP contribution in [0.1, 0.15) is 41.5 Å². The summed E-state index contributed by atoms with van der Waals surface area (Å²) in [4.78, 5) is 60.5. The molecule has 14 nitrogen and oxygen atoms in total. The molecule has 0 spiro atoms. The summed E-state index contributed by atoms with van der Waals surface area (Å²) < 4.78 is 32.5. The number of carbonyl (C=O) groups excluding carboxylic acids is 3. The summed E-state index contributed by atoms with van der Waals surface area (Å²) >= 11 is 0. The van der Waals surface area contributed by atoms with Gasteiger partial charge in [0.05, 0.1) is 34.6 Å². The lowest BCUT2D eigenvalue weighted by Crippen LogP contribution is -2.61. The van der Waals surface area contributed by atoms with E-state index >= 15 is 0 Å². The van der Waals surface area contributed by atoms with Crippen LogP contribution in [0.15, 0.2) is 85.2 Å². The molecular formula is C43H44F2N10O4. The van der Waals surface area contributed by atoms with Crippen LogP contribution in [0.25, 0.3) is 44.3 Å². The molecule has 0 unspecified atom stereocenters. The molecular weight excluding hydrogens is 759 g/mol. The molecule has 59 heavy (non-hydrogen) atoms. The number of rotatable bonds is 6. The van der Waals surface area contributed by atoms with Crippen molar-refractivity contribution in [2.24, 2.45) is 0 Å². The van der Waals surface area contributed by atoms with E-state index < -0.39 is 11.7 Å². The highest BCUT2D eigenvalue weighted by Gasteiger charge is 2.38. The quantitative estimate of drug-likeness (QED) is 0.186.